The second-order valence-corrected chi connectivity index (χ2v) is 6.68. The van der Waals surface area contributed by atoms with Crippen LogP contribution in [-0.2, 0) is 16.4 Å². The molecular formula is C10H14ClN3O2S. The van der Waals surface area contributed by atoms with Gasteiger partial charge in [-0.1, -0.05) is 11.6 Å². The van der Waals surface area contributed by atoms with Crippen LogP contribution in [0.3, 0.4) is 0 Å². The minimum absolute atomic E-state index is 0.315. The molecule has 0 saturated carbocycles. The van der Waals surface area contributed by atoms with E-state index in [9.17, 15) is 8.42 Å². The van der Waals surface area contributed by atoms with Gasteiger partial charge < -0.3 is 0 Å². The van der Waals surface area contributed by atoms with E-state index in [1.807, 2.05) is 0 Å². The first-order valence-electron chi connectivity index (χ1n) is 5.36. The van der Waals surface area contributed by atoms with Crippen LogP contribution in [0.5, 0.6) is 0 Å². The van der Waals surface area contributed by atoms with Gasteiger partial charge in [-0.15, -0.1) is 0 Å². The molecular weight excluding hydrogens is 262 g/mol. The zero-order valence-corrected chi connectivity index (χ0v) is 11.1. The van der Waals surface area contributed by atoms with Crippen molar-refractivity contribution in [3.8, 4) is 0 Å². The Bertz CT molecular complexity index is 506. The molecule has 1 fully saturated rings. The van der Waals surface area contributed by atoms with Gasteiger partial charge in [0.05, 0.1) is 6.26 Å². The zero-order valence-electron chi connectivity index (χ0n) is 9.50. The molecule has 0 spiro atoms. The van der Waals surface area contributed by atoms with E-state index in [4.69, 9.17) is 11.6 Å². The van der Waals surface area contributed by atoms with Crippen molar-refractivity contribution in [2.45, 2.75) is 12.8 Å². The van der Waals surface area contributed by atoms with Gasteiger partial charge in [0.2, 0.25) is 10.0 Å². The quantitative estimate of drug-likeness (QED) is 0.771. The summed E-state index contributed by atoms with van der Waals surface area (Å²) < 4.78 is 24.2. The first-order chi connectivity index (χ1) is 7.95. The van der Waals surface area contributed by atoms with Gasteiger partial charge in [0.15, 0.2) is 0 Å². The highest BCUT2D eigenvalue weighted by Crippen LogP contribution is 2.22. The number of aromatic nitrogens is 2. The fourth-order valence-corrected chi connectivity index (χ4v) is 3.13. The topological polar surface area (TPSA) is 63.2 Å². The van der Waals surface area contributed by atoms with Gasteiger partial charge in [-0.05, 0) is 24.8 Å². The molecule has 0 amide bonds. The van der Waals surface area contributed by atoms with E-state index in [2.05, 4.69) is 9.97 Å². The molecule has 1 aliphatic heterocycles. The van der Waals surface area contributed by atoms with Crippen LogP contribution in [0.4, 0.5) is 0 Å². The summed E-state index contributed by atoms with van der Waals surface area (Å²) in [6.07, 6.45) is 4.29. The first kappa shape index (κ1) is 12.7. The van der Waals surface area contributed by atoms with E-state index in [1.54, 1.807) is 6.07 Å². The van der Waals surface area contributed by atoms with Crippen molar-refractivity contribution in [3.05, 3.63) is 23.2 Å². The average molecular weight is 276 g/mol. The van der Waals surface area contributed by atoms with Crippen molar-refractivity contribution in [1.29, 1.82) is 0 Å². The number of nitrogens with zero attached hydrogens (tertiary/aromatic N) is 3. The normalized spacial score (nSPS) is 21.9. The van der Waals surface area contributed by atoms with Gasteiger partial charge in [0.25, 0.3) is 0 Å². The van der Waals surface area contributed by atoms with Gasteiger partial charge in [-0.3, -0.25) is 0 Å². The molecule has 0 aliphatic carbocycles. The fraction of sp³-hybridized carbons (Fsp3) is 0.600. The number of hydrogen-bond acceptors (Lipinski definition) is 4. The molecule has 1 aromatic heterocycles. The highest BCUT2D eigenvalue weighted by Gasteiger charge is 2.28. The van der Waals surface area contributed by atoms with E-state index < -0.39 is 10.0 Å². The lowest BCUT2D eigenvalue weighted by Gasteiger charge is -2.12. The Hall–Kier alpha value is -0.720. The molecule has 0 N–H and O–H groups in total. The van der Waals surface area contributed by atoms with Crippen LogP contribution in [0, 0.1) is 5.92 Å². The van der Waals surface area contributed by atoms with Crippen LogP contribution in [0.2, 0.25) is 5.15 Å². The molecule has 7 heteroatoms. The van der Waals surface area contributed by atoms with E-state index in [0.29, 0.717) is 24.2 Å². The fourth-order valence-electron chi connectivity index (χ4n) is 2.04. The number of hydrogen-bond donors (Lipinski definition) is 0. The predicted molar refractivity (Wildman–Crippen MR) is 65.3 cm³/mol. The van der Waals surface area contributed by atoms with Crippen molar-refractivity contribution in [2.75, 3.05) is 19.3 Å². The zero-order chi connectivity index (χ0) is 12.5. The summed E-state index contributed by atoms with van der Waals surface area (Å²) in [4.78, 5) is 7.94. The highest BCUT2D eigenvalue weighted by molar-refractivity contribution is 7.88. The minimum atomic E-state index is -3.06. The van der Waals surface area contributed by atoms with E-state index in [1.165, 1.54) is 16.9 Å². The third kappa shape index (κ3) is 3.37. The lowest BCUT2D eigenvalue weighted by Crippen LogP contribution is -2.27. The van der Waals surface area contributed by atoms with Gasteiger partial charge in [0, 0.05) is 18.8 Å². The standard InChI is InChI=1S/C10H14ClN3O2S/c1-17(15,16)14-3-2-8(6-14)4-9-5-10(11)13-7-12-9/h5,7-8H,2-4,6H2,1H3. The maximum absolute atomic E-state index is 11.4. The molecule has 17 heavy (non-hydrogen) atoms. The first-order valence-corrected chi connectivity index (χ1v) is 7.59. The molecule has 5 nitrogen and oxygen atoms in total. The van der Waals surface area contributed by atoms with Crippen molar-refractivity contribution < 1.29 is 8.42 Å². The SMILES string of the molecule is CS(=O)(=O)N1CCC(Cc2cc(Cl)ncn2)C1. The van der Waals surface area contributed by atoms with Gasteiger partial charge in [-0.25, -0.2) is 22.7 Å². The molecule has 0 bridgehead atoms. The van der Waals surface area contributed by atoms with Crippen LogP contribution < -0.4 is 0 Å². The maximum Gasteiger partial charge on any atom is 0.211 e. The lowest BCUT2D eigenvalue weighted by molar-refractivity contribution is 0.459. The van der Waals surface area contributed by atoms with E-state index in [-0.39, 0.29) is 0 Å². The number of rotatable bonds is 3. The predicted octanol–water partition coefficient (Wildman–Crippen LogP) is 0.954. The van der Waals surface area contributed by atoms with Crippen LogP contribution in [0.1, 0.15) is 12.1 Å². The Labute approximate surface area is 106 Å². The number of halogens is 1. The molecule has 1 aliphatic rings. The summed E-state index contributed by atoms with van der Waals surface area (Å²) >= 11 is 5.77. The maximum atomic E-state index is 11.4. The minimum Gasteiger partial charge on any atom is -0.241 e. The largest absolute Gasteiger partial charge is 0.241 e. The van der Waals surface area contributed by atoms with Crippen LogP contribution >= 0.6 is 11.6 Å². The van der Waals surface area contributed by atoms with Crippen LogP contribution in [0.15, 0.2) is 12.4 Å². The summed E-state index contributed by atoms with van der Waals surface area (Å²) in [5, 5.41) is 0.424. The van der Waals surface area contributed by atoms with Crippen LogP contribution in [0.25, 0.3) is 0 Å². The molecule has 1 unspecified atom stereocenters. The van der Waals surface area contributed by atoms with Crippen molar-refractivity contribution >= 4 is 21.6 Å². The van der Waals surface area contributed by atoms with Gasteiger partial charge in [-0.2, -0.15) is 0 Å². The Balaban J connectivity index is 1.99. The highest BCUT2D eigenvalue weighted by atomic mass is 35.5. The Morgan fingerprint density at radius 2 is 2.29 bits per heavy atom. The Kier molecular flexibility index (Phi) is 3.65. The third-order valence-corrected chi connectivity index (χ3v) is 4.38. The van der Waals surface area contributed by atoms with Gasteiger partial charge >= 0.3 is 0 Å². The van der Waals surface area contributed by atoms with Crippen molar-refractivity contribution in [1.82, 2.24) is 14.3 Å². The van der Waals surface area contributed by atoms with Crippen LogP contribution in [-0.4, -0.2) is 42.0 Å². The summed E-state index contributed by atoms with van der Waals surface area (Å²) in [6, 6.07) is 1.73. The second-order valence-electron chi connectivity index (χ2n) is 4.31. The summed E-state index contributed by atoms with van der Waals surface area (Å²) in [6.45, 7) is 1.17. The third-order valence-electron chi connectivity index (χ3n) is 2.91. The monoisotopic (exact) mass is 275 g/mol. The molecule has 1 atom stereocenters. The molecule has 2 heterocycles. The smallest absolute Gasteiger partial charge is 0.211 e. The van der Waals surface area contributed by atoms with E-state index in [0.717, 1.165) is 18.5 Å². The van der Waals surface area contributed by atoms with E-state index >= 15 is 0 Å². The molecule has 2 rings (SSSR count). The summed E-state index contributed by atoms with van der Waals surface area (Å²) in [7, 11) is -3.06. The summed E-state index contributed by atoms with van der Waals surface area (Å²) in [5.41, 5.74) is 0.866. The molecule has 0 radical (unpaired) electrons. The second kappa shape index (κ2) is 4.88. The Morgan fingerprint density at radius 3 is 2.88 bits per heavy atom. The van der Waals surface area contributed by atoms with Crippen molar-refractivity contribution in [3.63, 3.8) is 0 Å². The lowest BCUT2D eigenvalue weighted by atomic mass is 10.0. The summed E-state index contributed by atoms with van der Waals surface area (Å²) in [5.74, 6) is 0.315. The average Bonchev–Trinajstić information content (AvgIpc) is 2.65. The number of sulfonamides is 1. The van der Waals surface area contributed by atoms with Crippen molar-refractivity contribution in [2.24, 2.45) is 5.92 Å². The Morgan fingerprint density at radius 1 is 1.53 bits per heavy atom. The molecule has 94 valence electrons. The molecule has 1 saturated heterocycles. The molecule has 1 aromatic rings. The molecule has 0 aromatic carbocycles. The van der Waals surface area contributed by atoms with Gasteiger partial charge in [0.1, 0.15) is 11.5 Å².